The summed E-state index contributed by atoms with van der Waals surface area (Å²) in [4.78, 5) is 21.4. The van der Waals surface area contributed by atoms with Gasteiger partial charge < -0.3 is 18.6 Å². The first kappa shape index (κ1) is 22.3. The molecular formula is C25H24N6O4. The van der Waals surface area contributed by atoms with Crippen LogP contribution >= 0.6 is 0 Å². The van der Waals surface area contributed by atoms with Crippen LogP contribution in [0.1, 0.15) is 22.6 Å². The average molecular weight is 473 g/mol. The average Bonchev–Trinajstić information content (AvgIpc) is 3.65. The van der Waals surface area contributed by atoms with Crippen LogP contribution < -0.4 is 9.47 Å². The zero-order chi connectivity index (χ0) is 24.2. The predicted molar refractivity (Wildman–Crippen MR) is 127 cm³/mol. The zero-order valence-electron chi connectivity index (χ0n) is 19.4. The van der Waals surface area contributed by atoms with Crippen molar-refractivity contribution >= 4 is 16.7 Å². The molecule has 0 fully saturated rings. The highest BCUT2D eigenvalue weighted by atomic mass is 16.5. The van der Waals surface area contributed by atoms with Crippen molar-refractivity contribution in [3.8, 4) is 23.1 Å². The van der Waals surface area contributed by atoms with Gasteiger partial charge in [-0.2, -0.15) is 10.1 Å². The van der Waals surface area contributed by atoms with Crippen LogP contribution in [-0.2, 0) is 19.5 Å². The van der Waals surface area contributed by atoms with E-state index in [9.17, 15) is 4.79 Å². The number of ether oxygens (including phenoxy) is 2. The number of Topliss-reactive ketones (excluding diaryl/α,β-unsaturated/α-hetero) is 1. The Morgan fingerprint density at radius 1 is 1.06 bits per heavy atom. The highest BCUT2D eigenvalue weighted by Gasteiger charge is 2.20. The van der Waals surface area contributed by atoms with Crippen molar-refractivity contribution in [2.75, 3.05) is 14.2 Å². The molecule has 0 bridgehead atoms. The van der Waals surface area contributed by atoms with Crippen molar-refractivity contribution in [3.63, 3.8) is 0 Å². The van der Waals surface area contributed by atoms with E-state index in [0.29, 0.717) is 47.4 Å². The summed E-state index contributed by atoms with van der Waals surface area (Å²) in [6.07, 6.45) is 5.96. The lowest BCUT2D eigenvalue weighted by atomic mass is 10.0. The summed E-state index contributed by atoms with van der Waals surface area (Å²) in [6.45, 7) is 1.39. The Morgan fingerprint density at radius 2 is 1.94 bits per heavy atom. The Bertz CT molecular complexity index is 1450. The minimum atomic E-state index is -0.0960. The maximum atomic E-state index is 12.8. The van der Waals surface area contributed by atoms with Crippen LogP contribution in [0.25, 0.3) is 22.5 Å². The molecule has 3 heterocycles. The van der Waals surface area contributed by atoms with Crippen LogP contribution in [-0.4, -0.2) is 49.5 Å². The molecule has 2 aromatic carbocycles. The van der Waals surface area contributed by atoms with Gasteiger partial charge in [-0.15, -0.1) is 0 Å². The largest absolute Gasteiger partial charge is 0.493 e. The number of carbonyl (C=O) groups excluding carboxylic acids is 1. The van der Waals surface area contributed by atoms with E-state index in [1.165, 1.54) is 14.2 Å². The summed E-state index contributed by atoms with van der Waals surface area (Å²) in [5.41, 5.74) is 2.05. The van der Waals surface area contributed by atoms with Crippen LogP contribution in [0.15, 0.2) is 65.7 Å². The highest BCUT2D eigenvalue weighted by Crippen LogP contribution is 2.32. The Morgan fingerprint density at radius 3 is 2.74 bits per heavy atom. The molecule has 178 valence electrons. The molecule has 0 aliphatic heterocycles. The zero-order valence-corrected chi connectivity index (χ0v) is 19.4. The molecule has 10 heteroatoms. The molecule has 0 unspecified atom stereocenters. The number of carbonyl (C=O) groups is 1. The number of imidazole rings is 1. The second-order valence-corrected chi connectivity index (χ2v) is 7.87. The third-order valence-electron chi connectivity index (χ3n) is 5.74. The Kier molecular flexibility index (Phi) is 6.25. The standard InChI is InChI=1S/C25H24N6O4/c1-33-21-9-5-7-18(24(21)34-2)20(32)10-11-22-27-25(35-29-22)23-17-6-3-4-8-19(17)31(28-23)15-14-30-13-12-26-16-30/h3-9,12-13,16H,10-11,14-15H2,1-2H3. The summed E-state index contributed by atoms with van der Waals surface area (Å²) in [5.74, 6) is 1.59. The van der Waals surface area contributed by atoms with Crippen LogP contribution in [0.3, 0.4) is 0 Å². The molecule has 0 spiro atoms. The number of methoxy groups -OCH3 is 2. The summed E-state index contributed by atoms with van der Waals surface area (Å²) in [6, 6.07) is 13.1. The molecule has 0 amide bonds. The minimum Gasteiger partial charge on any atom is -0.493 e. The maximum absolute atomic E-state index is 12.8. The van der Waals surface area contributed by atoms with Crippen molar-refractivity contribution in [3.05, 3.63) is 72.6 Å². The summed E-state index contributed by atoms with van der Waals surface area (Å²) in [5, 5.41) is 9.75. The van der Waals surface area contributed by atoms with Crippen LogP contribution in [0.2, 0.25) is 0 Å². The van der Waals surface area contributed by atoms with Crippen molar-refractivity contribution in [2.24, 2.45) is 0 Å². The van der Waals surface area contributed by atoms with Crippen molar-refractivity contribution in [2.45, 2.75) is 25.9 Å². The molecule has 5 rings (SSSR count). The molecule has 3 aromatic heterocycles. The summed E-state index contributed by atoms with van der Waals surface area (Å²) < 4.78 is 20.1. The number of nitrogens with zero attached hydrogens (tertiary/aromatic N) is 6. The van der Waals surface area contributed by atoms with Crippen molar-refractivity contribution in [1.29, 1.82) is 0 Å². The lowest BCUT2D eigenvalue weighted by molar-refractivity contribution is 0.0978. The molecule has 0 aliphatic rings. The lowest BCUT2D eigenvalue weighted by Gasteiger charge is -2.11. The van der Waals surface area contributed by atoms with Gasteiger partial charge in [-0.05, 0) is 18.2 Å². The fraction of sp³-hybridized carbons (Fsp3) is 0.240. The monoisotopic (exact) mass is 472 g/mol. The SMILES string of the molecule is COc1cccc(C(=O)CCc2noc(-c3nn(CCn4ccnc4)c4ccccc34)n2)c1OC. The van der Waals surface area contributed by atoms with E-state index >= 15 is 0 Å². The number of para-hydroxylation sites is 2. The van der Waals surface area contributed by atoms with Gasteiger partial charge in [0.2, 0.25) is 0 Å². The van der Waals surface area contributed by atoms with Gasteiger partial charge in [0.05, 0.1) is 38.2 Å². The van der Waals surface area contributed by atoms with E-state index in [4.69, 9.17) is 19.1 Å². The molecule has 0 aliphatic carbocycles. The number of ketones is 1. The fourth-order valence-electron chi connectivity index (χ4n) is 4.00. The second-order valence-electron chi connectivity index (χ2n) is 7.87. The van der Waals surface area contributed by atoms with Gasteiger partial charge in [-0.25, -0.2) is 4.98 Å². The van der Waals surface area contributed by atoms with Gasteiger partial charge in [0.25, 0.3) is 5.89 Å². The van der Waals surface area contributed by atoms with Gasteiger partial charge in [0.15, 0.2) is 28.8 Å². The highest BCUT2D eigenvalue weighted by molar-refractivity contribution is 5.99. The Balaban J connectivity index is 1.33. The van der Waals surface area contributed by atoms with Crippen molar-refractivity contribution in [1.82, 2.24) is 29.5 Å². The molecule has 10 nitrogen and oxygen atoms in total. The van der Waals surface area contributed by atoms with Crippen LogP contribution in [0.4, 0.5) is 0 Å². The van der Waals surface area contributed by atoms with Crippen molar-refractivity contribution < 1.29 is 18.8 Å². The van der Waals surface area contributed by atoms with Crippen LogP contribution in [0, 0.1) is 0 Å². The van der Waals surface area contributed by atoms with E-state index in [-0.39, 0.29) is 12.2 Å². The van der Waals surface area contributed by atoms with E-state index in [0.717, 1.165) is 17.4 Å². The third-order valence-corrected chi connectivity index (χ3v) is 5.74. The number of fused-ring (bicyclic) bond motifs is 1. The third kappa shape index (κ3) is 4.50. The molecule has 35 heavy (non-hydrogen) atoms. The lowest BCUT2D eigenvalue weighted by Crippen LogP contribution is -2.07. The second kappa shape index (κ2) is 9.80. The minimum absolute atomic E-state index is 0.0960. The van der Waals surface area contributed by atoms with E-state index in [1.54, 1.807) is 30.7 Å². The summed E-state index contributed by atoms with van der Waals surface area (Å²) >= 11 is 0. The molecule has 0 N–H and O–H groups in total. The number of benzene rings is 2. The van der Waals surface area contributed by atoms with E-state index in [1.807, 2.05) is 39.7 Å². The van der Waals surface area contributed by atoms with Gasteiger partial charge in [0, 0.05) is 37.2 Å². The molecule has 0 saturated carbocycles. The fourth-order valence-corrected chi connectivity index (χ4v) is 4.00. The Hall–Kier alpha value is -4.47. The number of hydrogen-bond donors (Lipinski definition) is 0. The predicted octanol–water partition coefficient (Wildman–Crippen LogP) is 3.82. The number of aromatic nitrogens is 6. The topological polar surface area (TPSA) is 110 Å². The first-order chi connectivity index (χ1) is 17.2. The first-order valence-electron chi connectivity index (χ1n) is 11.2. The molecule has 0 saturated heterocycles. The molecule has 0 atom stereocenters. The van der Waals surface area contributed by atoms with Gasteiger partial charge >= 0.3 is 0 Å². The van der Waals surface area contributed by atoms with E-state index < -0.39 is 0 Å². The quantitative estimate of drug-likeness (QED) is 0.282. The van der Waals surface area contributed by atoms with Gasteiger partial charge in [-0.1, -0.05) is 29.4 Å². The summed E-state index contributed by atoms with van der Waals surface area (Å²) in [7, 11) is 3.05. The normalized spacial score (nSPS) is 11.1. The van der Waals surface area contributed by atoms with Gasteiger partial charge in [-0.3, -0.25) is 9.48 Å². The smallest absolute Gasteiger partial charge is 0.279 e. The molecular weight excluding hydrogens is 448 g/mol. The first-order valence-corrected chi connectivity index (χ1v) is 11.2. The maximum Gasteiger partial charge on any atom is 0.279 e. The van der Waals surface area contributed by atoms with Gasteiger partial charge in [0.1, 0.15) is 0 Å². The number of rotatable bonds is 10. The van der Waals surface area contributed by atoms with Crippen LogP contribution in [0.5, 0.6) is 11.5 Å². The Labute approximate surface area is 201 Å². The molecule has 0 radical (unpaired) electrons. The number of aryl methyl sites for hydroxylation is 3. The molecule has 5 aromatic rings. The van der Waals surface area contributed by atoms with E-state index in [2.05, 4.69) is 15.1 Å². The number of hydrogen-bond acceptors (Lipinski definition) is 8.